The van der Waals surface area contributed by atoms with Crippen molar-refractivity contribution in [1.82, 2.24) is 9.55 Å². The molecule has 1 atom stereocenters. The zero-order chi connectivity index (χ0) is 14.8. The van der Waals surface area contributed by atoms with Gasteiger partial charge in [-0.05, 0) is 49.9 Å². The maximum Gasteiger partial charge on any atom is 0.173 e. The van der Waals surface area contributed by atoms with Gasteiger partial charge in [0, 0.05) is 24.5 Å². The van der Waals surface area contributed by atoms with E-state index in [9.17, 15) is 4.79 Å². The standard InChI is InChI=1S/C17H20N2OS/c1-12-9-13(2)11-14(10-12)19-8-7-18-17(19)21-16-6-4-3-5-15(16)20/h7-11,16H,3-6H2,1-2H3. The fraction of sp³-hybridized carbons (Fsp3) is 0.412. The molecule has 1 aromatic heterocycles. The average molecular weight is 300 g/mol. The van der Waals surface area contributed by atoms with E-state index in [-0.39, 0.29) is 5.25 Å². The van der Waals surface area contributed by atoms with Gasteiger partial charge in [-0.15, -0.1) is 0 Å². The zero-order valence-electron chi connectivity index (χ0n) is 12.5. The van der Waals surface area contributed by atoms with E-state index in [1.807, 2.05) is 12.4 Å². The van der Waals surface area contributed by atoms with Gasteiger partial charge in [-0.3, -0.25) is 9.36 Å². The predicted octanol–water partition coefficient (Wildman–Crippen LogP) is 4.09. The number of aromatic nitrogens is 2. The minimum Gasteiger partial charge on any atom is -0.298 e. The van der Waals surface area contributed by atoms with Crippen LogP contribution in [0.25, 0.3) is 5.69 Å². The molecular weight excluding hydrogens is 280 g/mol. The number of carbonyl (C=O) groups excluding carboxylic acids is 1. The molecule has 0 spiro atoms. The van der Waals surface area contributed by atoms with Crippen molar-refractivity contribution in [3.8, 4) is 5.69 Å². The smallest absolute Gasteiger partial charge is 0.173 e. The van der Waals surface area contributed by atoms with Gasteiger partial charge >= 0.3 is 0 Å². The molecule has 1 aliphatic rings. The third kappa shape index (κ3) is 3.21. The summed E-state index contributed by atoms with van der Waals surface area (Å²) in [5.74, 6) is 0.376. The molecule has 0 N–H and O–H groups in total. The molecular formula is C17H20N2OS. The lowest BCUT2D eigenvalue weighted by Crippen LogP contribution is -2.21. The molecule has 0 aliphatic heterocycles. The maximum atomic E-state index is 12.0. The summed E-state index contributed by atoms with van der Waals surface area (Å²) in [6.45, 7) is 4.20. The molecule has 21 heavy (non-hydrogen) atoms. The summed E-state index contributed by atoms with van der Waals surface area (Å²) < 4.78 is 2.09. The van der Waals surface area contributed by atoms with Crippen molar-refractivity contribution in [2.24, 2.45) is 0 Å². The summed E-state index contributed by atoms with van der Waals surface area (Å²) in [7, 11) is 0. The summed E-state index contributed by atoms with van der Waals surface area (Å²) in [5, 5.41) is 0.992. The number of hydrogen-bond donors (Lipinski definition) is 0. The predicted molar refractivity (Wildman–Crippen MR) is 86.2 cm³/mol. The number of hydrogen-bond acceptors (Lipinski definition) is 3. The lowest BCUT2D eigenvalue weighted by molar-refractivity contribution is -0.119. The van der Waals surface area contributed by atoms with Crippen molar-refractivity contribution >= 4 is 17.5 Å². The van der Waals surface area contributed by atoms with Crippen LogP contribution in [0.1, 0.15) is 36.8 Å². The molecule has 0 saturated heterocycles. The molecule has 1 aliphatic carbocycles. The molecule has 3 rings (SSSR count). The first-order valence-corrected chi connectivity index (χ1v) is 8.33. The first kappa shape index (κ1) is 14.4. The number of imidazole rings is 1. The Kier molecular flexibility index (Phi) is 4.15. The number of nitrogens with zero attached hydrogens (tertiary/aromatic N) is 2. The van der Waals surface area contributed by atoms with Crippen LogP contribution >= 0.6 is 11.8 Å². The number of benzene rings is 1. The summed E-state index contributed by atoms with van der Waals surface area (Å²) in [6, 6.07) is 6.47. The first-order valence-electron chi connectivity index (χ1n) is 7.45. The molecule has 1 saturated carbocycles. The SMILES string of the molecule is Cc1cc(C)cc(-n2ccnc2SC2CCCCC2=O)c1. The molecule has 0 bridgehead atoms. The van der Waals surface area contributed by atoms with E-state index in [1.54, 1.807) is 11.8 Å². The average Bonchev–Trinajstić information content (AvgIpc) is 2.88. The Balaban J connectivity index is 1.88. The second kappa shape index (κ2) is 6.06. The van der Waals surface area contributed by atoms with Crippen LogP contribution < -0.4 is 0 Å². The van der Waals surface area contributed by atoms with Gasteiger partial charge in [0.15, 0.2) is 5.16 Å². The van der Waals surface area contributed by atoms with Gasteiger partial charge in [-0.1, -0.05) is 24.2 Å². The molecule has 0 radical (unpaired) electrons. The van der Waals surface area contributed by atoms with Crippen LogP contribution in [0.5, 0.6) is 0 Å². The van der Waals surface area contributed by atoms with Gasteiger partial charge in [-0.25, -0.2) is 4.98 Å². The van der Waals surface area contributed by atoms with E-state index < -0.39 is 0 Å². The Bertz CT molecular complexity index is 642. The van der Waals surface area contributed by atoms with E-state index in [4.69, 9.17) is 0 Å². The molecule has 0 amide bonds. The van der Waals surface area contributed by atoms with Crippen LogP contribution in [0.4, 0.5) is 0 Å². The van der Waals surface area contributed by atoms with Gasteiger partial charge in [0.25, 0.3) is 0 Å². The molecule has 1 heterocycles. The summed E-state index contributed by atoms with van der Waals surface area (Å²) in [5.41, 5.74) is 3.60. The van der Waals surface area contributed by atoms with Crippen molar-refractivity contribution in [3.63, 3.8) is 0 Å². The van der Waals surface area contributed by atoms with Gasteiger partial charge in [0.1, 0.15) is 5.78 Å². The highest BCUT2D eigenvalue weighted by atomic mass is 32.2. The molecule has 1 unspecified atom stereocenters. The van der Waals surface area contributed by atoms with Crippen molar-refractivity contribution in [2.75, 3.05) is 0 Å². The normalized spacial score (nSPS) is 19.0. The number of aryl methyl sites for hydroxylation is 2. The monoisotopic (exact) mass is 300 g/mol. The van der Waals surface area contributed by atoms with E-state index in [0.29, 0.717) is 5.78 Å². The molecule has 1 aromatic carbocycles. The summed E-state index contributed by atoms with van der Waals surface area (Å²) in [4.78, 5) is 16.5. The highest BCUT2D eigenvalue weighted by molar-refractivity contribution is 8.00. The second-order valence-electron chi connectivity index (χ2n) is 5.74. The fourth-order valence-corrected chi connectivity index (χ4v) is 4.06. The van der Waals surface area contributed by atoms with Crippen molar-refractivity contribution < 1.29 is 4.79 Å². The Morgan fingerprint density at radius 3 is 2.67 bits per heavy atom. The largest absolute Gasteiger partial charge is 0.298 e. The second-order valence-corrected chi connectivity index (χ2v) is 6.91. The van der Waals surface area contributed by atoms with Crippen LogP contribution in [-0.2, 0) is 4.79 Å². The Labute approximate surface area is 129 Å². The van der Waals surface area contributed by atoms with Gasteiger partial charge < -0.3 is 0 Å². The van der Waals surface area contributed by atoms with E-state index in [1.165, 1.54) is 11.1 Å². The lowest BCUT2D eigenvalue weighted by atomic mass is 9.99. The van der Waals surface area contributed by atoms with E-state index in [2.05, 4.69) is 41.6 Å². The van der Waals surface area contributed by atoms with Gasteiger partial charge in [0.05, 0.1) is 5.25 Å². The van der Waals surface area contributed by atoms with Crippen molar-refractivity contribution in [1.29, 1.82) is 0 Å². The number of carbonyl (C=O) groups is 1. The number of ketones is 1. The highest BCUT2D eigenvalue weighted by Crippen LogP contribution is 2.32. The van der Waals surface area contributed by atoms with Gasteiger partial charge in [-0.2, -0.15) is 0 Å². The quantitative estimate of drug-likeness (QED) is 0.856. The number of thioether (sulfide) groups is 1. The maximum absolute atomic E-state index is 12.0. The van der Waals surface area contributed by atoms with Crippen LogP contribution in [-0.4, -0.2) is 20.6 Å². The molecule has 110 valence electrons. The molecule has 3 nitrogen and oxygen atoms in total. The molecule has 4 heteroatoms. The lowest BCUT2D eigenvalue weighted by Gasteiger charge is -2.20. The molecule has 1 fully saturated rings. The van der Waals surface area contributed by atoms with Crippen LogP contribution in [0.3, 0.4) is 0 Å². The van der Waals surface area contributed by atoms with Crippen molar-refractivity contribution in [3.05, 3.63) is 41.7 Å². The Morgan fingerprint density at radius 2 is 1.95 bits per heavy atom. The Morgan fingerprint density at radius 1 is 1.19 bits per heavy atom. The minimum atomic E-state index is 0.0748. The molecule has 2 aromatic rings. The first-order chi connectivity index (χ1) is 10.1. The van der Waals surface area contributed by atoms with Gasteiger partial charge in [0.2, 0.25) is 0 Å². The summed E-state index contributed by atoms with van der Waals surface area (Å²) in [6.07, 6.45) is 7.68. The van der Waals surface area contributed by atoms with Crippen LogP contribution in [0, 0.1) is 13.8 Å². The zero-order valence-corrected chi connectivity index (χ0v) is 13.3. The van der Waals surface area contributed by atoms with E-state index >= 15 is 0 Å². The highest BCUT2D eigenvalue weighted by Gasteiger charge is 2.25. The topological polar surface area (TPSA) is 34.9 Å². The van der Waals surface area contributed by atoms with E-state index in [0.717, 1.165) is 36.5 Å². The third-order valence-electron chi connectivity index (χ3n) is 3.84. The van der Waals surface area contributed by atoms with Crippen LogP contribution in [0.15, 0.2) is 35.7 Å². The minimum absolute atomic E-state index is 0.0748. The number of rotatable bonds is 3. The summed E-state index contributed by atoms with van der Waals surface area (Å²) >= 11 is 1.61. The third-order valence-corrected chi connectivity index (χ3v) is 5.13. The number of Topliss-reactive ketones (excluding diaryl/α,β-unsaturated/α-hetero) is 1. The van der Waals surface area contributed by atoms with Crippen LogP contribution in [0.2, 0.25) is 0 Å². The Hall–Kier alpha value is -1.55. The fourth-order valence-electron chi connectivity index (χ4n) is 2.87. The van der Waals surface area contributed by atoms with Crippen molar-refractivity contribution in [2.45, 2.75) is 49.9 Å².